The largest absolute Gasteiger partial charge is 0.393 e. The summed E-state index contributed by atoms with van der Waals surface area (Å²) in [5.41, 5.74) is -0.493. The normalized spacial score (nSPS) is 57.0. The first-order valence-electron chi connectivity index (χ1n) is 6.11. The summed E-state index contributed by atoms with van der Waals surface area (Å²) >= 11 is 0. The molecule has 3 fully saturated rings. The lowest BCUT2D eigenvalue weighted by Gasteiger charge is -2.38. The molecule has 2 N–H and O–H groups in total. The summed E-state index contributed by atoms with van der Waals surface area (Å²) in [7, 11) is 0. The Balaban J connectivity index is 1.94. The molecule has 0 aliphatic heterocycles. The number of aliphatic hydroxyl groups excluding tert-OH is 1. The van der Waals surface area contributed by atoms with Gasteiger partial charge in [-0.05, 0) is 43.9 Å². The van der Waals surface area contributed by atoms with Crippen molar-refractivity contribution in [1.82, 2.24) is 0 Å². The molecule has 0 amide bonds. The fourth-order valence-corrected chi connectivity index (χ4v) is 4.49. The highest BCUT2D eigenvalue weighted by Gasteiger charge is 2.57. The van der Waals surface area contributed by atoms with Gasteiger partial charge in [0.1, 0.15) is 0 Å². The van der Waals surface area contributed by atoms with Crippen LogP contribution in [0.15, 0.2) is 0 Å². The molecule has 0 aromatic heterocycles. The zero-order valence-corrected chi connectivity index (χ0v) is 8.65. The Hall–Kier alpha value is -0.0800. The van der Waals surface area contributed by atoms with Crippen LogP contribution in [0.3, 0.4) is 0 Å². The minimum absolute atomic E-state index is 0.212. The van der Waals surface area contributed by atoms with Crippen molar-refractivity contribution in [3.05, 3.63) is 0 Å². The number of aliphatic hydroxyl groups is 2. The Kier molecular flexibility index (Phi) is 1.94. The first-order chi connectivity index (χ1) is 6.71. The second-order valence-corrected chi connectivity index (χ2v) is 5.65. The van der Waals surface area contributed by atoms with E-state index in [1.54, 1.807) is 0 Å². The van der Waals surface area contributed by atoms with Gasteiger partial charge in [-0.1, -0.05) is 12.8 Å². The summed E-state index contributed by atoms with van der Waals surface area (Å²) in [6, 6.07) is 0. The van der Waals surface area contributed by atoms with Gasteiger partial charge in [0.15, 0.2) is 0 Å². The third-order valence-electron chi connectivity index (χ3n) is 4.94. The van der Waals surface area contributed by atoms with Crippen LogP contribution in [0.5, 0.6) is 0 Å². The number of fused-ring (bicyclic) bond motifs is 5. The molecular formula is C12H20O2. The smallest absolute Gasteiger partial charge is 0.0706 e. The van der Waals surface area contributed by atoms with Crippen molar-refractivity contribution in [2.75, 3.05) is 0 Å². The van der Waals surface area contributed by atoms with E-state index >= 15 is 0 Å². The van der Waals surface area contributed by atoms with Crippen LogP contribution in [0.25, 0.3) is 0 Å². The van der Waals surface area contributed by atoms with Gasteiger partial charge in [0.05, 0.1) is 11.7 Å². The zero-order valence-electron chi connectivity index (χ0n) is 8.65. The van der Waals surface area contributed by atoms with Crippen molar-refractivity contribution in [3.8, 4) is 0 Å². The van der Waals surface area contributed by atoms with Gasteiger partial charge in [-0.25, -0.2) is 0 Å². The summed E-state index contributed by atoms with van der Waals surface area (Å²) in [6.45, 7) is 0. The van der Waals surface area contributed by atoms with E-state index in [1.807, 2.05) is 0 Å². The van der Waals surface area contributed by atoms with Gasteiger partial charge < -0.3 is 10.2 Å². The van der Waals surface area contributed by atoms with E-state index in [0.717, 1.165) is 25.7 Å². The maximum Gasteiger partial charge on any atom is 0.0706 e. The van der Waals surface area contributed by atoms with E-state index in [2.05, 4.69) is 0 Å². The molecule has 14 heavy (non-hydrogen) atoms. The molecule has 3 aliphatic rings. The van der Waals surface area contributed by atoms with Crippen molar-refractivity contribution < 1.29 is 10.2 Å². The molecule has 3 rings (SSSR count). The maximum absolute atomic E-state index is 10.5. The molecule has 0 spiro atoms. The fraction of sp³-hybridized carbons (Fsp3) is 1.00. The molecule has 0 aromatic rings. The van der Waals surface area contributed by atoms with E-state index in [9.17, 15) is 10.2 Å². The molecule has 0 aromatic carbocycles. The van der Waals surface area contributed by atoms with Crippen molar-refractivity contribution in [1.29, 1.82) is 0 Å². The standard InChI is InChI=1S/C12H20O2/c13-10-5-1-4-9-8-3-2-6-12(14,7-8)11(9)10/h8-11,13-14H,1-7H2. The number of hydrogen-bond acceptors (Lipinski definition) is 2. The first-order valence-corrected chi connectivity index (χ1v) is 6.11. The predicted molar refractivity (Wildman–Crippen MR) is 53.7 cm³/mol. The summed E-state index contributed by atoms with van der Waals surface area (Å²) in [4.78, 5) is 0. The first kappa shape index (κ1) is 9.17. The summed E-state index contributed by atoms with van der Waals surface area (Å²) in [6.07, 6.45) is 7.46. The third kappa shape index (κ3) is 1.10. The number of rotatable bonds is 0. The van der Waals surface area contributed by atoms with Crippen molar-refractivity contribution in [2.24, 2.45) is 17.8 Å². The van der Waals surface area contributed by atoms with Crippen LogP contribution in [-0.2, 0) is 0 Å². The van der Waals surface area contributed by atoms with Gasteiger partial charge in [-0.2, -0.15) is 0 Å². The van der Waals surface area contributed by atoms with Gasteiger partial charge >= 0.3 is 0 Å². The van der Waals surface area contributed by atoms with Gasteiger partial charge in [0, 0.05) is 5.92 Å². The second-order valence-electron chi connectivity index (χ2n) is 5.65. The van der Waals surface area contributed by atoms with E-state index in [0.29, 0.717) is 11.8 Å². The Morgan fingerprint density at radius 1 is 1.07 bits per heavy atom. The molecule has 2 nitrogen and oxygen atoms in total. The number of hydrogen-bond donors (Lipinski definition) is 2. The van der Waals surface area contributed by atoms with Crippen LogP contribution < -0.4 is 0 Å². The lowest BCUT2D eigenvalue weighted by Crippen LogP contribution is -2.44. The average Bonchev–Trinajstić information content (AvgIpc) is 2.36. The van der Waals surface area contributed by atoms with Crippen molar-refractivity contribution >= 4 is 0 Å². The molecule has 80 valence electrons. The second kappa shape index (κ2) is 2.96. The van der Waals surface area contributed by atoms with E-state index in [-0.39, 0.29) is 12.0 Å². The molecule has 3 saturated carbocycles. The zero-order chi connectivity index (χ0) is 9.76. The molecule has 2 heteroatoms. The lowest BCUT2D eigenvalue weighted by atomic mass is 9.73. The molecule has 0 heterocycles. The SMILES string of the molecule is OC1CCCC2C3CCCC(O)(C3)C12. The van der Waals surface area contributed by atoms with Gasteiger partial charge in [-0.3, -0.25) is 0 Å². The summed E-state index contributed by atoms with van der Waals surface area (Å²) in [5, 5.41) is 20.6. The molecule has 0 saturated heterocycles. The monoisotopic (exact) mass is 196 g/mol. The van der Waals surface area contributed by atoms with E-state index < -0.39 is 5.60 Å². The van der Waals surface area contributed by atoms with Crippen molar-refractivity contribution in [2.45, 2.75) is 56.7 Å². The van der Waals surface area contributed by atoms with Crippen LogP contribution in [0, 0.1) is 17.8 Å². The summed E-state index contributed by atoms with van der Waals surface area (Å²) < 4.78 is 0. The van der Waals surface area contributed by atoms with Crippen LogP contribution in [-0.4, -0.2) is 21.9 Å². The predicted octanol–water partition coefficient (Wildman–Crippen LogP) is 1.70. The minimum atomic E-state index is -0.493. The minimum Gasteiger partial charge on any atom is -0.393 e. The third-order valence-corrected chi connectivity index (χ3v) is 4.94. The molecule has 5 unspecified atom stereocenters. The molecule has 5 atom stereocenters. The quantitative estimate of drug-likeness (QED) is 0.619. The van der Waals surface area contributed by atoms with Crippen LogP contribution >= 0.6 is 0 Å². The molecular weight excluding hydrogens is 176 g/mol. The Morgan fingerprint density at radius 2 is 1.93 bits per heavy atom. The van der Waals surface area contributed by atoms with E-state index in [1.165, 1.54) is 19.3 Å². The molecule has 2 bridgehead atoms. The van der Waals surface area contributed by atoms with Crippen molar-refractivity contribution in [3.63, 3.8) is 0 Å². The summed E-state index contributed by atoms with van der Waals surface area (Å²) in [5.74, 6) is 1.56. The topological polar surface area (TPSA) is 40.5 Å². The fourth-order valence-electron chi connectivity index (χ4n) is 4.49. The molecule has 0 radical (unpaired) electrons. The van der Waals surface area contributed by atoms with Gasteiger partial charge in [0.25, 0.3) is 0 Å². The molecule has 3 aliphatic carbocycles. The van der Waals surface area contributed by atoms with Gasteiger partial charge in [-0.15, -0.1) is 0 Å². The van der Waals surface area contributed by atoms with Crippen LogP contribution in [0.2, 0.25) is 0 Å². The average molecular weight is 196 g/mol. The lowest BCUT2D eigenvalue weighted by molar-refractivity contribution is -0.0837. The highest BCUT2D eigenvalue weighted by atomic mass is 16.3. The van der Waals surface area contributed by atoms with Gasteiger partial charge in [0.2, 0.25) is 0 Å². The maximum atomic E-state index is 10.5. The van der Waals surface area contributed by atoms with E-state index in [4.69, 9.17) is 0 Å². The Bertz CT molecular complexity index is 240. The van der Waals surface area contributed by atoms with Crippen LogP contribution in [0.1, 0.15) is 44.9 Å². The highest BCUT2D eigenvalue weighted by Crippen LogP contribution is 2.57. The highest BCUT2D eigenvalue weighted by molar-refractivity contribution is 5.07. The Labute approximate surface area is 85.3 Å². The van der Waals surface area contributed by atoms with Crippen LogP contribution in [0.4, 0.5) is 0 Å². The Morgan fingerprint density at radius 3 is 2.79 bits per heavy atom.